The number of halogens is 4. The van der Waals surface area contributed by atoms with Crippen LogP contribution in [0.1, 0.15) is 50.7 Å². The summed E-state index contributed by atoms with van der Waals surface area (Å²) in [7, 11) is 0. The molecule has 2 aromatic rings. The van der Waals surface area contributed by atoms with Crippen molar-refractivity contribution < 1.29 is 17.6 Å². The number of hydrogen-bond donors (Lipinski definition) is 1. The summed E-state index contributed by atoms with van der Waals surface area (Å²) in [6, 6.07) is 12.0. The number of alkyl halides is 3. The Morgan fingerprint density at radius 1 is 0.970 bits per heavy atom. The molecule has 0 aromatic heterocycles. The van der Waals surface area contributed by atoms with Gasteiger partial charge in [-0.1, -0.05) is 69.7 Å². The molecular weight excluding hydrogens is 428 g/mol. The normalized spacial score (nSPS) is 20.8. The van der Waals surface area contributed by atoms with Gasteiger partial charge in [0.05, 0.1) is 23.2 Å². The first-order valence-electron chi connectivity index (χ1n) is 11.3. The van der Waals surface area contributed by atoms with Crippen LogP contribution in [0.3, 0.4) is 0 Å². The van der Waals surface area contributed by atoms with Gasteiger partial charge in [0.25, 0.3) is 0 Å². The molecule has 0 amide bonds. The topological polar surface area (TPSA) is 24.4 Å². The van der Waals surface area contributed by atoms with E-state index in [1.165, 1.54) is 24.1 Å². The Hall–Kier alpha value is -2.89. The highest BCUT2D eigenvalue weighted by molar-refractivity contribution is 6.01. The first-order valence-corrected chi connectivity index (χ1v) is 11.3. The van der Waals surface area contributed by atoms with E-state index < -0.39 is 29.7 Å². The summed E-state index contributed by atoms with van der Waals surface area (Å²) in [6.45, 7) is 6.67. The molecule has 0 bridgehead atoms. The highest BCUT2D eigenvalue weighted by Crippen LogP contribution is 2.32. The van der Waals surface area contributed by atoms with Crippen LogP contribution in [0.15, 0.2) is 71.3 Å². The quantitative estimate of drug-likeness (QED) is 0.458. The second-order valence-electron chi connectivity index (χ2n) is 9.31. The van der Waals surface area contributed by atoms with Gasteiger partial charge in [-0.25, -0.2) is 4.39 Å². The number of allylic oxidation sites excluding steroid dienone is 2. The van der Waals surface area contributed by atoms with Crippen LogP contribution in [0.5, 0.6) is 0 Å². The van der Waals surface area contributed by atoms with E-state index in [4.69, 9.17) is 0 Å². The number of fused-ring (bicyclic) bond motifs is 1. The average molecular weight is 457 g/mol. The minimum Gasteiger partial charge on any atom is -0.361 e. The second-order valence-corrected chi connectivity index (χ2v) is 9.31. The van der Waals surface area contributed by atoms with Gasteiger partial charge in [0.1, 0.15) is 11.7 Å². The minimum atomic E-state index is -4.42. The van der Waals surface area contributed by atoms with E-state index in [0.29, 0.717) is 11.8 Å². The minimum absolute atomic E-state index is 0.252. The Morgan fingerprint density at radius 3 is 2.30 bits per heavy atom. The summed E-state index contributed by atoms with van der Waals surface area (Å²) < 4.78 is 53.9. The predicted octanol–water partition coefficient (Wildman–Crippen LogP) is 7.18. The van der Waals surface area contributed by atoms with Crippen molar-refractivity contribution in [3.8, 4) is 11.1 Å². The van der Waals surface area contributed by atoms with Crippen molar-refractivity contribution >= 4 is 5.84 Å². The molecule has 1 N–H and O–H groups in total. The Morgan fingerprint density at radius 2 is 1.67 bits per heavy atom. The van der Waals surface area contributed by atoms with E-state index >= 15 is 0 Å². The monoisotopic (exact) mass is 456 g/mol. The van der Waals surface area contributed by atoms with Crippen molar-refractivity contribution in [2.45, 2.75) is 57.8 Å². The fourth-order valence-electron chi connectivity index (χ4n) is 4.24. The molecule has 3 atom stereocenters. The third-order valence-corrected chi connectivity index (χ3v) is 6.32. The molecule has 2 nitrogen and oxygen atoms in total. The Kier molecular flexibility index (Phi) is 6.46. The van der Waals surface area contributed by atoms with E-state index in [1.54, 1.807) is 6.07 Å². The van der Waals surface area contributed by atoms with Gasteiger partial charge in [-0.15, -0.1) is 0 Å². The van der Waals surface area contributed by atoms with E-state index in [1.807, 2.05) is 18.2 Å². The molecular formula is C27H28F4N2. The zero-order chi connectivity index (χ0) is 23.8. The molecule has 0 fully saturated rings. The van der Waals surface area contributed by atoms with E-state index in [9.17, 15) is 17.6 Å². The number of hydrogen-bond acceptors (Lipinski definition) is 2. The Balaban J connectivity index is 1.48. The van der Waals surface area contributed by atoms with Gasteiger partial charge in [-0.2, -0.15) is 13.2 Å². The lowest BCUT2D eigenvalue weighted by Crippen LogP contribution is -2.35. The number of rotatable bonds is 6. The maximum atomic E-state index is 15.0. The lowest BCUT2D eigenvalue weighted by Gasteiger charge is -2.19. The second kappa shape index (κ2) is 9.16. The third kappa shape index (κ3) is 5.21. The largest absolute Gasteiger partial charge is 0.416 e. The summed E-state index contributed by atoms with van der Waals surface area (Å²) in [5.41, 5.74) is 2.46. The number of nitrogens with zero attached hydrogens (tertiary/aromatic N) is 1. The smallest absolute Gasteiger partial charge is 0.361 e. The molecule has 1 aliphatic carbocycles. The van der Waals surface area contributed by atoms with E-state index in [0.717, 1.165) is 29.7 Å². The van der Waals surface area contributed by atoms with Crippen LogP contribution in [0.25, 0.3) is 11.1 Å². The summed E-state index contributed by atoms with van der Waals surface area (Å²) in [4.78, 5) is 4.39. The molecule has 1 heterocycles. The zero-order valence-electron chi connectivity index (χ0n) is 19.0. The van der Waals surface area contributed by atoms with Crippen LogP contribution in [0.4, 0.5) is 17.6 Å². The SMILES string of the molecule is CC(C)CCC(C)c1ccc(-c2ccc(C3=NC4C=CC(C(F)(F)F)=CC4N3)c(F)c2)cc1. The summed E-state index contributed by atoms with van der Waals surface area (Å²) >= 11 is 0. The highest BCUT2D eigenvalue weighted by Gasteiger charge is 2.37. The summed E-state index contributed by atoms with van der Waals surface area (Å²) in [5.74, 6) is 0.954. The highest BCUT2D eigenvalue weighted by atomic mass is 19.4. The molecule has 33 heavy (non-hydrogen) atoms. The standard InChI is InChI=1S/C27H28F4N2/c1-16(2)4-5-17(3)18-6-8-19(9-7-18)20-10-12-22(23(28)14-20)26-32-24-13-11-21(27(29,30)31)15-25(24)33-26/h6-17,24-25H,4-5H2,1-3H3,(H,32,33). The van der Waals surface area contributed by atoms with Crippen molar-refractivity contribution in [3.05, 3.63) is 83.2 Å². The molecule has 0 spiro atoms. The molecule has 0 saturated carbocycles. The van der Waals surface area contributed by atoms with Crippen LogP contribution in [-0.2, 0) is 0 Å². The molecule has 2 aromatic carbocycles. The molecule has 0 radical (unpaired) electrons. The fraction of sp³-hybridized carbons (Fsp3) is 0.370. The van der Waals surface area contributed by atoms with Gasteiger partial charge in [-0.3, -0.25) is 4.99 Å². The van der Waals surface area contributed by atoms with Gasteiger partial charge in [0.15, 0.2) is 0 Å². The first kappa shape index (κ1) is 23.3. The number of benzene rings is 2. The predicted molar refractivity (Wildman–Crippen MR) is 125 cm³/mol. The van der Waals surface area contributed by atoms with Gasteiger partial charge in [0, 0.05) is 0 Å². The average Bonchev–Trinajstić information content (AvgIpc) is 3.20. The molecule has 0 saturated heterocycles. The van der Waals surface area contributed by atoms with Crippen LogP contribution in [0.2, 0.25) is 0 Å². The maximum absolute atomic E-state index is 15.0. The molecule has 1 aliphatic heterocycles. The van der Waals surface area contributed by atoms with Crippen molar-refractivity contribution in [2.75, 3.05) is 0 Å². The first-order chi connectivity index (χ1) is 15.6. The fourth-order valence-corrected chi connectivity index (χ4v) is 4.24. The summed E-state index contributed by atoms with van der Waals surface area (Å²) in [6.07, 6.45) is 1.44. The van der Waals surface area contributed by atoms with Crippen LogP contribution in [0, 0.1) is 11.7 Å². The number of amidine groups is 1. The van der Waals surface area contributed by atoms with Crippen molar-refractivity contribution in [3.63, 3.8) is 0 Å². The number of aliphatic imine (C=N–C) groups is 1. The Bertz CT molecular complexity index is 1090. The molecule has 2 aliphatic rings. The van der Waals surface area contributed by atoms with Crippen LogP contribution < -0.4 is 5.32 Å². The lowest BCUT2D eigenvalue weighted by atomic mass is 9.91. The number of nitrogens with one attached hydrogen (secondary N) is 1. The maximum Gasteiger partial charge on any atom is 0.416 e. The van der Waals surface area contributed by atoms with Crippen molar-refractivity contribution in [1.29, 1.82) is 0 Å². The lowest BCUT2D eigenvalue weighted by molar-refractivity contribution is -0.0887. The van der Waals surface area contributed by atoms with Crippen LogP contribution >= 0.6 is 0 Å². The molecule has 6 heteroatoms. The third-order valence-electron chi connectivity index (χ3n) is 6.32. The van der Waals surface area contributed by atoms with Crippen molar-refractivity contribution in [2.24, 2.45) is 10.9 Å². The van der Waals surface area contributed by atoms with Crippen molar-refractivity contribution in [1.82, 2.24) is 5.32 Å². The van der Waals surface area contributed by atoms with E-state index in [-0.39, 0.29) is 11.4 Å². The van der Waals surface area contributed by atoms with Gasteiger partial charge in [0.2, 0.25) is 0 Å². The van der Waals surface area contributed by atoms with Gasteiger partial charge in [-0.05, 0) is 53.2 Å². The molecule has 174 valence electrons. The van der Waals surface area contributed by atoms with Crippen LogP contribution in [-0.4, -0.2) is 24.1 Å². The van der Waals surface area contributed by atoms with Gasteiger partial charge < -0.3 is 5.32 Å². The Labute approximate surface area is 192 Å². The molecule has 4 rings (SSSR count). The van der Waals surface area contributed by atoms with Gasteiger partial charge >= 0.3 is 6.18 Å². The summed E-state index contributed by atoms with van der Waals surface area (Å²) in [5, 5.41) is 2.93. The molecule has 3 unspecified atom stereocenters. The van der Waals surface area contributed by atoms with E-state index in [2.05, 4.69) is 43.2 Å². The zero-order valence-corrected chi connectivity index (χ0v) is 19.0.